The fourth-order valence-electron chi connectivity index (χ4n) is 0. The van der Waals surface area contributed by atoms with Crippen LogP contribution in [0.4, 0.5) is 0 Å². The van der Waals surface area contributed by atoms with Gasteiger partial charge in [0.25, 0.3) is 0 Å². The molecule has 0 saturated carbocycles. The first kappa shape index (κ1) is 9.85. The van der Waals surface area contributed by atoms with E-state index in [1.165, 1.54) is 5.57 Å². The highest BCUT2D eigenvalue weighted by Gasteiger charge is 1.69. The Balaban J connectivity index is 0. The minimum atomic E-state index is 0. The van der Waals surface area contributed by atoms with E-state index in [9.17, 15) is 0 Å². The average Bonchev–Trinajstić information content (AvgIpc) is 1.38. The number of hydrogen-bond donors (Lipinski definition) is 0. The molecule has 0 amide bonds. The molecular weight excluding hydrogens is 208 g/mol. The second-order valence-electron chi connectivity index (χ2n) is 1.09. The van der Waals surface area contributed by atoms with Gasteiger partial charge in [0.05, 0.1) is 0 Å². The Labute approximate surface area is 57.5 Å². The van der Waals surface area contributed by atoms with Gasteiger partial charge in [-0.25, -0.2) is 0 Å². The summed E-state index contributed by atoms with van der Waals surface area (Å²) in [5, 5.41) is 0.924. The molecule has 0 fully saturated rings. The van der Waals surface area contributed by atoms with Crippen molar-refractivity contribution in [2.24, 2.45) is 0 Å². The van der Waals surface area contributed by atoms with Gasteiger partial charge in [-0.2, -0.15) is 0 Å². The number of hydrogen-bond acceptors (Lipinski definition) is 0. The lowest BCUT2D eigenvalue weighted by Gasteiger charge is -1.77. The smallest absolute Gasteiger partial charge is 0.0236 e. The third kappa shape index (κ3) is 8.83. The Hall–Kier alpha value is 0.700. The van der Waals surface area contributed by atoms with E-state index in [-0.39, 0.29) is 17.0 Å². The standard InChI is InChI=1S/C4H7Br.BrH/c1-4(2)3-5;/h1,3H2,2H3;1H. The highest BCUT2D eigenvalue weighted by Crippen LogP contribution is 1.89. The topological polar surface area (TPSA) is 0 Å². The lowest BCUT2D eigenvalue weighted by molar-refractivity contribution is 1.46. The summed E-state index contributed by atoms with van der Waals surface area (Å²) in [5.74, 6) is 0. The fraction of sp³-hybridized carbons (Fsp3) is 0.500. The molecule has 0 aromatic rings. The van der Waals surface area contributed by atoms with Crippen molar-refractivity contribution in [3.8, 4) is 0 Å². The molecular formula is C4H8Br2. The monoisotopic (exact) mass is 214 g/mol. The van der Waals surface area contributed by atoms with Crippen LogP contribution in [0.5, 0.6) is 0 Å². The molecule has 0 saturated heterocycles. The largest absolute Gasteiger partial charge is 0.114 e. The van der Waals surface area contributed by atoms with Crippen molar-refractivity contribution >= 4 is 32.9 Å². The number of allylic oxidation sites excluding steroid dienone is 1. The molecule has 0 bridgehead atoms. The Bertz CT molecular complexity index is 40.8. The van der Waals surface area contributed by atoms with Gasteiger partial charge in [-0.05, 0) is 6.92 Å². The minimum absolute atomic E-state index is 0. The first-order valence-corrected chi connectivity index (χ1v) is 2.60. The molecule has 38 valence electrons. The molecule has 0 radical (unpaired) electrons. The van der Waals surface area contributed by atoms with Crippen LogP contribution >= 0.6 is 32.9 Å². The van der Waals surface area contributed by atoms with Gasteiger partial charge in [0.1, 0.15) is 0 Å². The van der Waals surface area contributed by atoms with Crippen LogP contribution in [0.2, 0.25) is 0 Å². The van der Waals surface area contributed by atoms with Crippen LogP contribution in [0.15, 0.2) is 12.2 Å². The van der Waals surface area contributed by atoms with Crippen molar-refractivity contribution in [3.63, 3.8) is 0 Å². The number of halogens is 2. The third-order valence-corrected chi connectivity index (χ3v) is 1.19. The molecule has 0 rings (SSSR count). The fourth-order valence-corrected chi connectivity index (χ4v) is 0. The zero-order valence-corrected chi connectivity index (χ0v) is 7.00. The average molecular weight is 216 g/mol. The highest BCUT2D eigenvalue weighted by molar-refractivity contribution is 9.09. The first-order valence-electron chi connectivity index (χ1n) is 1.47. The van der Waals surface area contributed by atoms with Crippen LogP contribution in [-0.4, -0.2) is 5.33 Å². The Kier molecular flexibility index (Phi) is 9.36. The van der Waals surface area contributed by atoms with Crippen molar-refractivity contribution in [3.05, 3.63) is 12.2 Å². The summed E-state index contributed by atoms with van der Waals surface area (Å²) in [5.41, 5.74) is 1.17. The van der Waals surface area contributed by atoms with Gasteiger partial charge < -0.3 is 0 Å². The van der Waals surface area contributed by atoms with E-state index in [4.69, 9.17) is 0 Å². The Morgan fingerprint density at radius 2 is 2.00 bits per heavy atom. The van der Waals surface area contributed by atoms with Crippen LogP contribution in [0.1, 0.15) is 6.92 Å². The molecule has 0 nitrogen and oxygen atoms in total. The molecule has 0 aliphatic rings. The lowest BCUT2D eigenvalue weighted by atomic mass is 10.4. The van der Waals surface area contributed by atoms with Crippen molar-refractivity contribution in [2.45, 2.75) is 6.92 Å². The van der Waals surface area contributed by atoms with Gasteiger partial charge in [0, 0.05) is 5.33 Å². The lowest BCUT2D eigenvalue weighted by Crippen LogP contribution is -1.64. The summed E-state index contributed by atoms with van der Waals surface area (Å²) in [4.78, 5) is 0. The van der Waals surface area contributed by atoms with Gasteiger partial charge >= 0.3 is 0 Å². The van der Waals surface area contributed by atoms with E-state index < -0.39 is 0 Å². The summed E-state index contributed by atoms with van der Waals surface area (Å²) in [6.07, 6.45) is 0. The first-order chi connectivity index (χ1) is 2.27. The predicted molar refractivity (Wildman–Crippen MR) is 38.9 cm³/mol. The zero-order chi connectivity index (χ0) is 4.28. The molecule has 2 heteroatoms. The molecule has 0 unspecified atom stereocenters. The summed E-state index contributed by atoms with van der Waals surface area (Å²) >= 11 is 3.21. The van der Waals surface area contributed by atoms with Crippen LogP contribution in [-0.2, 0) is 0 Å². The molecule has 0 aliphatic carbocycles. The van der Waals surface area contributed by atoms with Crippen molar-refractivity contribution in [1.29, 1.82) is 0 Å². The van der Waals surface area contributed by atoms with E-state index in [2.05, 4.69) is 22.5 Å². The van der Waals surface area contributed by atoms with E-state index in [0.717, 1.165) is 5.33 Å². The number of rotatable bonds is 1. The highest BCUT2D eigenvalue weighted by atomic mass is 79.9. The maximum absolute atomic E-state index is 3.63. The summed E-state index contributed by atoms with van der Waals surface area (Å²) in [7, 11) is 0. The molecule has 0 atom stereocenters. The quantitative estimate of drug-likeness (QED) is 0.466. The molecule has 0 aromatic heterocycles. The van der Waals surface area contributed by atoms with E-state index >= 15 is 0 Å². The van der Waals surface area contributed by atoms with Crippen molar-refractivity contribution < 1.29 is 0 Å². The van der Waals surface area contributed by atoms with Gasteiger partial charge in [-0.15, -0.1) is 17.0 Å². The maximum atomic E-state index is 3.63. The SMILES string of the molecule is Br.C=C(C)CBr. The molecule has 0 aromatic carbocycles. The third-order valence-electron chi connectivity index (χ3n) is 0.228. The van der Waals surface area contributed by atoms with Gasteiger partial charge in [0.2, 0.25) is 0 Å². The van der Waals surface area contributed by atoms with Crippen molar-refractivity contribution in [2.75, 3.05) is 5.33 Å². The van der Waals surface area contributed by atoms with Gasteiger partial charge in [0.15, 0.2) is 0 Å². The summed E-state index contributed by atoms with van der Waals surface area (Å²) < 4.78 is 0. The van der Waals surface area contributed by atoms with Gasteiger partial charge in [-0.1, -0.05) is 28.1 Å². The zero-order valence-electron chi connectivity index (χ0n) is 3.70. The predicted octanol–water partition coefficient (Wildman–Crippen LogP) is 2.54. The molecule has 0 spiro atoms. The van der Waals surface area contributed by atoms with Crippen LogP contribution < -0.4 is 0 Å². The summed E-state index contributed by atoms with van der Waals surface area (Å²) in [6, 6.07) is 0. The van der Waals surface area contributed by atoms with Crippen LogP contribution in [0.25, 0.3) is 0 Å². The van der Waals surface area contributed by atoms with Crippen LogP contribution in [0.3, 0.4) is 0 Å². The summed E-state index contributed by atoms with van der Waals surface area (Å²) in [6.45, 7) is 5.61. The van der Waals surface area contributed by atoms with E-state index in [1.807, 2.05) is 6.92 Å². The molecule has 0 aliphatic heterocycles. The Morgan fingerprint density at radius 3 is 2.00 bits per heavy atom. The number of alkyl halides is 1. The second kappa shape index (κ2) is 5.70. The van der Waals surface area contributed by atoms with E-state index in [1.54, 1.807) is 0 Å². The van der Waals surface area contributed by atoms with E-state index in [0.29, 0.717) is 0 Å². The Morgan fingerprint density at radius 1 is 1.83 bits per heavy atom. The molecule has 6 heavy (non-hydrogen) atoms. The second-order valence-corrected chi connectivity index (χ2v) is 1.65. The maximum Gasteiger partial charge on any atom is 0.0236 e. The van der Waals surface area contributed by atoms with Gasteiger partial charge in [-0.3, -0.25) is 0 Å². The normalized spacial score (nSPS) is 6.33. The molecule has 0 heterocycles. The van der Waals surface area contributed by atoms with Crippen LogP contribution in [0, 0.1) is 0 Å². The minimum Gasteiger partial charge on any atom is -0.114 e. The van der Waals surface area contributed by atoms with Crippen molar-refractivity contribution in [1.82, 2.24) is 0 Å². The molecule has 0 N–H and O–H groups in total.